The van der Waals surface area contributed by atoms with Crippen molar-refractivity contribution in [1.29, 1.82) is 0 Å². The van der Waals surface area contributed by atoms with Crippen molar-refractivity contribution in [2.24, 2.45) is 5.18 Å². The van der Waals surface area contributed by atoms with E-state index >= 15 is 0 Å². The van der Waals surface area contributed by atoms with E-state index in [1.807, 2.05) is 0 Å². The van der Waals surface area contributed by atoms with Crippen LogP contribution in [0, 0.1) is 4.91 Å². The third-order valence-corrected chi connectivity index (χ3v) is 2.37. The van der Waals surface area contributed by atoms with E-state index in [9.17, 15) is 4.91 Å². The Morgan fingerprint density at radius 2 is 1.85 bits per heavy atom. The second-order valence-electron chi connectivity index (χ2n) is 2.68. The second kappa shape index (κ2) is 3.94. The SMILES string of the molecule is CC(N=O)c1cc(Cl)c(N)c(Cl)c1. The highest BCUT2D eigenvalue weighted by Gasteiger charge is 2.10. The summed E-state index contributed by atoms with van der Waals surface area (Å²) >= 11 is 11.5. The molecule has 2 N–H and O–H groups in total. The lowest BCUT2D eigenvalue weighted by atomic mass is 10.1. The van der Waals surface area contributed by atoms with Gasteiger partial charge in [0.25, 0.3) is 0 Å². The molecule has 0 spiro atoms. The first-order chi connectivity index (χ1) is 6.06. The molecule has 1 atom stereocenters. The number of hydrogen-bond acceptors (Lipinski definition) is 3. The molecule has 0 aliphatic carbocycles. The number of rotatable bonds is 2. The number of nitrogen functional groups attached to an aromatic ring is 1. The maximum absolute atomic E-state index is 10.2. The molecule has 3 nitrogen and oxygen atoms in total. The Morgan fingerprint density at radius 1 is 1.38 bits per heavy atom. The molecule has 1 rings (SSSR count). The van der Waals surface area contributed by atoms with Gasteiger partial charge < -0.3 is 5.73 Å². The van der Waals surface area contributed by atoms with Crippen LogP contribution in [0.5, 0.6) is 0 Å². The number of nitrogens with two attached hydrogens (primary N) is 1. The summed E-state index contributed by atoms with van der Waals surface area (Å²) < 4.78 is 0. The van der Waals surface area contributed by atoms with Crippen molar-refractivity contribution in [2.45, 2.75) is 13.0 Å². The molecular formula is C8H8Cl2N2O. The van der Waals surface area contributed by atoms with Gasteiger partial charge in [0.05, 0.1) is 15.7 Å². The first-order valence-corrected chi connectivity index (χ1v) is 4.38. The van der Waals surface area contributed by atoms with Crippen LogP contribution in [0.1, 0.15) is 18.5 Å². The van der Waals surface area contributed by atoms with Gasteiger partial charge in [0, 0.05) is 0 Å². The highest BCUT2D eigenvalue weighted by atomic mass is 35.5. The van der Waals surface area contributed by atoms with Crippen molar-refractivity contribution in [3.05, 3.63) is 32.6 Å². The van der Waals surface area contributed by atoms with Crippen molar-refractivity contribution in [2.75, 3.05) is 5.73 Å². The average Bonchev–Trinajstić information content (AvgIpc) is 2.12. The zero-order valence-electron chi connectivity index (χ0n) is 6.92. The highest BCUT2D eigenvalue weighted by Crippen LogP contribution is 2.31. The van der Waals surface area contributed by atoms with Gasteiger partial charge in [0.1, 0.15) is 6.04 Å². The molecule has 70 valence electrons. The monoisotopic (exact) mass is 218 g/mol. The summed E-state index contributed by atoms with van der Waals surface area (Å²) in [7, 11) is 0. The van der Waals surface area contributed by atoms with Crippen molar-refractivity contribution in [3.8, 4) is 0 Å². The molecule has 0 saturated heterocycles. The Morgan fingerprint density at radius 3 is 2.23 bits per heavy atom. The lowest BCUT2D eigenvalue weighted by Crippen LogP contribution is -1.93. The van der Waals surface area contributed by atoms with Gasteiger partial charge in [-0.15, -0.1) is 0 Å². The number of hydrogen-bond donors (Lipinski definition) is 1. The minimum atomic E-state index is -0.462. The van der Waals surface area contributed by atoms with Gasteiger partial charge >= 0.3 is 0 Å². The third-order valence-electron chi connectivity index (χ3n) is 1.74. The standard InChI is InChI=1S/C8H8Cl2N2O/c1-4(12-13)5-2-6(9)8(11)7(10)3-5/h2-4H,11H2,1H3. The van der Waals surface area contributed by atoms with Gasteiger partial charge in [0.15, 0.2) is 0 Å². The van der Waals surface area contributed by atoms with Crippen molar-refractivity contribution in [1.82, 2.24) is 0 Å². The summed E-state index contributed by atoms with van der Waals surface area (Å²) in [5.41, 5.74) is 6.51. The number of benzene rings is 1. The van der Waals surface area contributed by atoms with Crippen molar-refractivity contribution < 1.29 is 0 Å². The van der Waals surface area contributed by atoms with E-state index in [-0.39, 0.29) is 0 Å². The fraction of sp³-hybridized carbons (Fsp3) is 0.250. The van der Waals surface area contributed by atoms with Crippen LogP contribution in [0.25, 0.3) is 0 Å². The van der Waals surface area contributed by atoms with E-state index < -0.39 is 6.04 Å². The van der Waals surface area contributed by atoms with E-state index in [2.05, 4.69) is 5.18 Å². The van der Waals surface area contributed by atoms with Crippen LogP contribution in [0.15, 0.2) is 17.3 Å². The first-order valence-electron chi connectivity index (χ1n) is 3.63. The van der Waals surface area contributed by atoms with Crippen molar-refractivity contribution >= 4 is 28.9 Å². The van der Waals surface area contributed by atoms with E-state index in [4.69, 9.17) is 28.9 Å². The Hall–Kier alpha value is -0.800. The molecule has 0 heterocycles. The van der Waals surface area contributed by atoms with Crippen LogP contribution >= 0.6 is 23.2 Å². The lowest BCUT2D eigenvalue weighted by molar-refractivity contribution is 0.812. The molecule has 0 aromatic heterocycles. The van der Waals surface area contributed by atoms with Gasteiger partial charge in [-0.1, -0.05) is 28.4 Å². The number of halogens is 2. The summed E-state index contributed by atoms with van der Waals surface area (Å²) in [6.07, 6.45) is 0. The number of anilines is 1. The molecule has 0 saturated carbocycles. The van der Waals surface area contributed by atoms with Crippen LogP contribution in [0.2, 0.25) is 10.0 Å². The summed E-state index contributed by atoms with van der Waals surface area (Å²) in [4.78, 5) is 10.2. The molecule has 0 fully saturated rings. The van der Waals surface area contributed by atoms with Crippen LogP contribution in [0.4, 0.5) is 5.69 Å². The Balaban J connectivity index is 3.20. The Bertz CT molecular complexity index is 318. The molecule has 5 heteroatoms. The molecule has 0 bridgehead atoms. The molecule has 1 aromatic rings. The molecule has 1 aromatic carbocycles. The van der Waals surface area contributed by atoms with E-state index in [0.717, 1.165) is 0 Å². The summed E-state index contributed by atoms with van der Waals surface area (Å²) in [6, 6.07) is 2.72. The van der Waals surface area contributed by atoms with E-state index in [0.29, 0.717) is 21.3 Å². The van der Waals surface area contributed by atoms with Gasteiger partial charge in [-0.2, -0.15) is 4.91 Å². The summed E-state index contributed by atoms with van der Waals surface area (Å²) in [6.45, 7) is 1.66. The quantitative estimate of drug-likeness (QED) is 0.612. The largest absolute Gasteiger partial charge is 0.396 e. The predicted molar refractivity (Wildman–Crippen MR) is 55.1 cm³/mol. The highest BCUT2D eigenvalue weighted by molar-refractivity contribution is 6.38. The smallest absolute Gasteiger partial charge is 0.114 e. The van der Waals surface area contributed by atoms with Gasteiger partial charge in [-0.05, 0) is 24.6 Å². The molecular weight excluding hydrogens is 211 g/mol. The van der Waals surface area contributed by atoms with E-state index in [1.54, 1.807) is 19.1 Å². The third kappa shape index (κ3) is 2.11. The molecule has 0 radical (unpaired) electrons. The molecule has 0 amide bonds. The second-order valence-corrected chi connectivity index (χ2v) is 3.49. The maximum Gasteiger partial charge on any atom is 0.114 e. The fourth-order valence-electron chi connectivity index (χ4n) is 0.906. The molecule has 0 aliphatic rings. The molecule has 13 heavy (non-hydrogen) atoms. The van der Waals surface area contributed by atoms with Crippen LogP contribution < -0.4 is 5.73 Å². The number of nitrogens with zero attached hydrogens (tertiary/aromatic N) is 1. The zero-order valence-corrected chi connectivity index (χ0v) is 8.43. The zero-order chi connectivity index (χ0) is 10.0. The number of nitroso groups, excluding NO2 is 1. The van der Waals surface area contributed by atoms with Crippen LogP contribution in [-0.4, -0.2) is 0 Å². The predicted octanol–water partition coefficient (Wildman–Crippen LogP) is 3.40. The van der Waals surface area contributed by atoms with Crippen LogP contribution in [0.3, 0.4) is 0 Å². The Kier molecular flexibility index (Phi) is 3.12. The van der Waals surface area contributed by atoms with E-state index in [1.165, 1.54) is 0 Å². The van der Waals surface area contributed by atoms with Crippen molar-refractivity contribution in [3.63, 3.8) is 0 Å². The molecule has 1 unspecified atom stereocenters. The minimum absolute atomic E-state index is 0.324. The minimum Gasteiger partial charge on any atom is -0.396 e. The van der Waals surface area contributed by atoms with Gasteiger partial charge in [-0.25, -0.2) is 0 Å². The van der Waals surface area contributed by atoms with Gasteiger partial charge in [0.2, 0.25) is 0 Å². The van der Waals surface area contributed by atoms with Crippen LogP contribution in [-0.2, 0) is 0 Å². The van der Waals surface area contributed by atoms with Gasteiger partial charge in [-0.3, -0.25) is 0 Å². The topological polar surface area (TPSA) is 55.5 Å². The Labute approximate surface area is 85.8 Å². The summed E-state index contributed by atoms with van der Waals surface area (Å²) in [5.74, 6) is 0. The first kappa shape index (κ1) is 10.3. The summed E-state index contributed by atoms with van der Waals surface area (Å²) in [5, 5.41) is 3.55. The maximum atomic E-state index is 10.2. The fourth-order valence-corrected chi connectivity index (χ4v) is 1.41. The average molecular weight is 219 g/mol. The normalized spacial score (nSPS) is 12.5. The lowest BCUT2D eigenvalue weighted by Gasteiger charge is -2.07. The molecule has 0 aliphatic heterocycles.